The Morgan fingerprint density at radius 2 is 2.11 bits per heavy atom. The van der Waals surface area contributed by atoms with Crippen LogP contribution in [-0.4, -0.2) is 31.1 Å². The SMILES string of the molecule is CN1CCC(Nc2cc(C(F)(F)F)ccc2Br)C1. The minimum Gasteiger partial charge on any atom is -0.380 e. The molecule has 1 aliphatic heterocycles. The maximum atomic E-state index is 12.6. The van der Waals surface area contributed by atoms with Crippen molar-refractivity contribution in [2.45, 2.75) is 18.6 Å². The lowest BCUT2D eigenvalue weighted by Crippen LogP contribution is -2.23. The van der Waals surface area contributed by atoms with E-state index in [1.165, 1.54) is 6.07 Å². The fourth-order valence-corrected chi connectivity index (χ4v) is 2.45. The molecule has 1 aromatic rings. The van der Waals surface area contributed by atoms with Gasteiger partial charge in [-0.2, -0.15) is 13.2 Å². The van der Waals surface area contributed by atoms with Crippen LogP contribution in [0.5, 0.6) is 0 Å². The number of hydrogen-bond acceptors (Lipinski definition) is 2. The molecule has 1 aromatic carbocycles. The number of benzene rings is 1. The van der Waals surface area contributed by atoms with Gasteiger partial charge in [-0.05, 0) is 54.1 Å². The van der Waals surface area contributed by atoms with E-state index in [4.69, 9.17) is 0 Å². The number of nitrogens with zero attached hydrogens (tertiary/aromatic N) is 1. The van der Waals surface area contributed by atoms with Gasteiger partial charge >= 0.3 is 6.18 Å². The van der Waals surface area contributed by atoms with Gasteiger partial charge in [-0.1, -0.05) is 0 Å². The van der Waals surface area contributed by atoms with E-state index in [-0.39, 0.29) is 6.04 Å². The van der Waals surface area contributed by atoms with Crippen molar-refractivity contribution in [3.63, 3.8) is 0 Å². The van der Waals surface area contributed by atoms with Crippen LogP contribution in [0.2, 0.25) is 0 Å². The first-order valence-electron chi connectivity index (χ1n) is 5.68. The van der Waals surface area contributed by atoms with E-state index in [2.05, 4.69) is 26.1 Å². The number of anilines is 1. The average molecular weight is 323 g/mol. The highest BCUT2D eigenvalue weighted by Gasteiger charge is 2.31. The summed E-state index contributed by atoms with van der Waals surface area (Å²) in [5, 5.41) is 3.16. The maximum absolute atomic E-state index is 12.6. The number of hydrogen-bond donors (Lipinski definition) is 1. The highest BCUT2D eigenvalue weighted by molar-refractivity contribution is 9.10. The van der Waals surface area contributed by atoms with Crippen LogP contribution in [-0.2, 0) is 6.18 Å². The van der Waals surface area contributed by atoms with Crippen molar-refractivity contribution in [3.05, 3.63) is 28.2 Å². The largest absolute Gasteiger partial charge is 0.416 e. The maximum Gasteiger partial charge on any atom is 0.416 e. The second kappa shape index (κ2) is 5.09. The van der Waals surface area contributed by atoms with Crippen LogP contribution >= 0.6 is 15.9 Å². The number of rotatable bonds is 2. The summed E-state index contributed by atoms with van der Waals surface area (Å²) in [6.07, 6.45) is -3.36. The van der Waals surface area contributed by atoms with Crippen molar-refractivity contribution in [2.75, 3.05) is 25.5 Å². The van der Waals surface area contributed by atoms with Crippen LogP contribution in [0.3, 0.4) is 0 Å². The van der Waals surface area contributed by atoms with E-state index >= 15 is 0 Å². The van der Waals surface area contributed by atoms with Crippen LogP contribution in [0, 0.1) is 0 Å². The number of alkyl halides is 3. The van der Waals surface area contributed by atoms with Gasteiger partial charge in [-0.15, -0.1) is 0 Å². The molecule has 0 spiro atoms. The van der Waals surface area contributed by atoms with Gasteiger partial charge in [-0.3, -0.25) is 0 Å². The van der Waals surface area contributed by atoms with Crippen LogP contribution in [0.25, 0.3) is 0 Å². The fraction of sp³-hybridized carbons (Fsp3) is 0.500. The summed E-state index contributed by atoms with van der Waals surface area (Å²) in [6.45, 7) is 1.82. The van der Waals surface area contributed by atoms with E-state index in [1.807, 2.05) is 7.05 Å². The molecule has 1 atom stereocenters. The molecular formula is C12H14BrF3N2. The van der Waals surface area contributed by atoms with Crippen LogP contribution in [0.15, 0.2) is 22.7 Å². The molecular weight excluding hydrogens is 309 g/mol. The standard InChI is InChI=1S/C12H14BrF3N2/c1-18-5-4-9(7-18)17-11-6-8(12(14,15)16)2-3-10(11)13/h2-3,6,9,17H,4-5,7H2,1H3. The second-order valence-corrected chi connectivity index (χ2v) is 5.44. The number of likely N-dealkylation sites (tertiary alicyclic amines) is 1. The summed E-state index contributed by atoms with van der Waals surface area (Å²) in [5.74, 6) is 0. The van der Waals surface area contributed by atoms with Crippen LogP contribution in [0.1, 0.15) is 12.0 Å². The lowest BCUT2D eigenvalue weighted by molar-refractivity contribution is -0.137. The molecule has 0 aromatic heterocycles. The average Bonchev–Trinajstić information content (AvgIpc) is 2.66. The first kappa shape index (κ1) is 13.7. The monoisotopic (exact) mass is 322 g/mol. The topological polar surface area (TPSA) is 15.3 Å². The summed E-state index contributed by atoms with van der Waals surface area (Å²) in [4.78, 5) is 2.15. The second-order valence-electron chi connectivity index (χ2n) is 4.58. The number of halogens is 4. The van der Waals surface area contributed by atoms with Gasteiger partial charge in [0, 0.05) is 22.7 Å². The normalized spacial score (nSPS) is 21.3. The Kier molecular flexibility index (Phi) is 3.87. The van der Waals surface area contributed by atoms with Crippen molar-refractivity contribution in [1.82, 2.24) is 4.90 Å². The first-order valence-corrected chi connectivity index (χ1v) is 6.47. The highest BCUT2D eigenvalue weighted by atomic mass is 79.9. The van der Waals surface area contributed by atoms with Crippen molar-refractivity contribution >= 4 is 21.6 Å². The Morgan fingerprint density at radius 1 is 1.39 bits per heavy atom. The van der Waals surface area contributed by atoms with E-state index in [0.29, 0.717) is 10.2 Å². The Morgan fingerprint density at radius 3 is 2.67 bits per heavy atom. The molecule has 0 saturated carbocycles. The zero-order chi connectivity index (χ0) is 13.3. The van der Waals surface area contributed by atoms with Gasteiger partial charge in [0.25, 0.3) is 0 Å². The van der Waals surface area contributed by atoms with Crippen molar-refractivity contribution in [2.24, 2.45) is 0 Å². The summed E-state index contributed by atoms with van der Waals surface area (Å²) in [6, 6.07) is 3.87. The molecule has 1 heterocycles. The summed E-state index contributed by atoms with van der Waals surface area (Å²) in [7, 11) is 2.00. The lowest BCUT2D eigenvalue weighted by Gasteiger charge is -2.17. The third-order valence-electron chi connectivity index (χ3n) is 3.04. The summed E-state index contributed by atoms with van der Waals surface area (Å²) >= 11 is 3.28. The van der Waals surface area contributed by atoms with Crippen molar-refractivity contribution in [1.29, 1.82) is 0 Å². The molecule has 2 rings (SSSR count). The third-order valence-corrected chi connectivity index (χ3v) is 3.74. The summed E-state index contributed by atoms with van der Waals surface area (Å²) < 4.78 is 38.5. The van der Waals surface area contributed by atoms with Gasteiger partial charge in [0.15, 0.2) is 0 Å². The molecule has 0 amide bonds. The predicted octanol–water partition coefficient (Wildman–Crippen LogP) is 3.58. The minimum absolute atomic E-state index is 0.204. The Labute approximate surface area is 112 Å². The first-order chi connectivity index (χ1) is 8.36. The Balaban J connectivity index is 2.16. The van der Waals surface area contributed by atoms with Crippen LogP contribution < -0.4 is 5.32 Å². The lowest BCUT2D eigenvalue weighted by atomic mass is 10.1. The molecule has 1 saturated heterocycles. The molecule has 6 heteroatoms. The smallest absolute Gasteiger partial charge is 0.380 e. The third kappa shape index (κ3) is 3.17. The van der Waals surface area contributed by atoms with E-state index < -0.39 is 11.7 Å². The predicted molar refractivity (Wildman–Crippen MR) is 68.7 cm³/mol. The minimum atomic E-state index is -4.30. The van der Waals surface area contributed by atoms with E-state index in [1.54, 1.807) is 0 Å². The Bertz CT molecular complexity index is 434. The summed E-state index contributed by atoms with van der Waals surface area (Å²) in [5.41, 5.74) is -0.121. The molecule has 100 valence electrons. The molecule has 1 unspecified atom stereocenters. The molecule has 1 aliphatic rings. The van der Waals surface area contributed by atoms with Gasteiger partial charge in [-0.25, -0.2) is 0 Å². The number of likely N-dealkylation sites (N-methyl/N-ethyl adjacent to an activating group) is 1. The Hall–Kier alpha value is -0.750. The molecule has 1 N–H and O–H groups in total. The molecule has 1 fully saturated rings. The van der Waals surface area contributed by atoms with Gasteiger partial charge in [0.1, 0.15) is 0 Å². The zero-order valence-corrected chi connectivity index (χ0v) is 11.5. The van der Waals surface area contributed by atoms with Gasteiger partial charge in [0.05, 0.1) is 5.56 Å². The van der Waals surface area contributed by atoms with Crippen molar-refractivity contribution in [3.8, 4) is 0 Å². The fourth-order valence-electron chi connectivity index (χ4n) is 2.08. The van der Waals surface area contributed by atoms with Gasteiger partial charge < -0.3 is 10.2 Å². The molecule has 0 aliphatic carbocycles. The molecule has 0 radical (unpaired) electrons. The molecule has 18 heavy (non-hydrogen) atoms. The zero-order valence-electron chi connectivity index (χ0n) is 9.89. The van der Waals surface area contributed by atoms with E-state index in [0.717, 1.165) is 31.6 Å². The molecule has 2 nitrogen and oxygen atoms in total. The van der Waals surface area contributed by atoms with Gasteiger partial charge in [0.2, 0.25) is 0 Å². The van der Waals surface area contributed by atoms with E-state index in [9.17, 15) is 13.2 Å². The molecule has 0 bridgehead atoms. The highest BCUT2D eigenvalue weighted by Crippen LogP contribution is 2.34. The quantitative estimate of drug-likeness (QED) is 0.895. The van der Waals surface area contributed by atoms with Crippen LogP contribution in [0.4, 0.5) is 18.9 Å². The van der Waals surface area contributed by atoms with Crippen molar-refractivity contribution < 1.29 is 13.2 Å². The number of nitrogens with one attached hydrogen (secondary N) is 1.